The Labute approximate surface area is 167 Å². The lowest BCUT2D eigenvalue weighted by Gasteiger charge is -2.22. The van der Waals surface area contributed by atoms with Gasteiger partial charge in [-0.25, -0.2) is 9.97 Å². The second-order valence-electron chi connectivity index (χ2n) is 6.67. The smallest absolute Gasteiger partial charge is 0.274 e. The van der Waals surface area contributed by atoms with E-state index in [1.54, 1.807) is 11.6 Å². The number of hydrogen-bond acceptors (Lipinski definition) is 6. The van der Waals surface area contributed by atoms with E-state index in [2.05, 4.69) is 34.4 Å². The zero-order valence-corrected chi connectivity index (χ0v) is 16.7. The molecule has 2 amide bonds. The number of carbonyl (C=O) groups is 2. The van der Waals surface area contributed by atoms with Crippen LogP contribution in [0.15, 0.2) is 42.0 Å². The second kappa shape index (κ2) is 9.34. The number of amides is 2. The SMILES string of the molecule is C[NH+](C)CCCN(CC(=O)Nc1nccs1)C(=O)c1cnc2ccccc2n1. The first-order valence-electron chi connectivity index (χ1n) is 9.02. The van der Waals surface area contributed by atoms with Crippen molar-refractivity contribution >= 4 is 39.3 Å². The molecule has 1 aromatic carbocycles. The van der Waals surface area contributed by atoms with Gasteiger partial charge in [0.05, 0.1) is 37.9 Å². The largest absolute Gasteiger partial charge is 0.340 e. The predicted molar refractivity (Wildman–Crippen MR) is 108 cm³/mol. The molecule has 2 heterocycles. The van der Waals surface area contributed by atoms with E-state index in [1.807, 2.05) is 24.3 Å². The normalized spacial score (nSPS) is 11.0. The van der Waals surface area contributed by atoms with Crippen LogP contribution < -0.4 is 10.2 Å². The molecule has 146 valence electrons. The van der Waals surface area contributed by atoms with Gasteiger partial charge in [-0.15, -0.1) is 11.3 Å². The summed E-state index contributed by atoms with van der Waals surface area (Å²) in [6, 6.07) is 7.38. The number of fused-ring (bicyclic) bond motifs is 1. The Morgan fingerprint density at radius 2 is 1.96 bits per heavy atom. The molecule has 0 spiro atoms. The van der Waals surface area contributed by atoms with Gasteiger partial charge in [-0.3, -0.25) is 14.6 Å². The number of hydrogen-bond donors (Lipinski definition) is 2. The molecule has 0 aliphatic carbocycles. The fourth-order valence-electron chi connectivity index (χ4n) is 2.72. The highest BCUT2D eigenvalue weighted by atomic mass is 32.1. The van der Waals surface area contributed by atoms with Crippen molar-refractivity contribution < 1.29 is 14.5 Å². The molecule has 0 bridgehead atoms. The van der Waals surface area contributed by atoms with Crippen molar-refractivity contribution in [1.82, 2.24) is 19.9 Å². The van der Waals surface area contributed by atoms with Crippen LogP contribution >= 0.6 is 11.3 Å². The van der Waals surface area contributed by atoms with Gasteiger partial charge in [-0.2, -0.15) is 0 Å². The van der Waals surface area contributed by atoms with Gasteiger partial charge >= 0.3 is 0 Å². The summed E-state index contributed by atoms with van der Waals surface area (Å²) in [7, 11) is 4.10. The number of rotatable bonds is 8. The number of anilines is 1. The highest BCUT2D eigenvalue weighted by Gasteiger charge is 2.21. The molecule has 3 aromatic rings. The summed E-state index contributed by atoms with van der Waals surface area (Å²) in [5.74, 6) is -0.587. The molecular formula is C19H23N6O2S+. The molecule has 0 radical (unpaired) electrons. The van der Waals surface area contributed by atoms with Crippen LogP contribution in [0.1, 0.15) is 16.9 Å². The number of quaternary nitrogens is 1. The van der Waals surface area contributed by atoms with Crippen molar-refractivity contribution in [2.75, 3.05) is 39.0 Å². The lowest BCUT2D eigenvalue weighted by atomic mass is 10.2. The number of carbonyl (C=O) groups excluding carboxylic acids is 2. The highest BCUT2D eigenvalue weighted by molar-refractivity contribution is 7.13. The average Bonchev–Trinajstić information content (AvgIpc) is 3.19. The fraction of sp³-hybridized carbons (Fsp3) is 0.316. The van der Waals surface area contributed by atoms with Crippen molar-refractivity contribution in [3.05, 3.63) is 47.7 Å². The van der Waals surface area contributed by atoms with E-state index in [4.69, 9.17) is 0 Å². The molecule has 0 saturated carbocycles. The summed E-state index contributed by atoms with van der Waals surface area (Å²) in [6.45, 7) is 1.29. The van der Waals surface area contributed by atoms with E-state index in [9.17, 15) is 9.59 Å². The van der Waals surface area contributed by atoms with Crippen LogP contribution in [0.4, 0.5) is 5.13 Å². The molecule has 28 heavy (non-hydrogen) atoms. The molecule has 8 nitrogen and oxygen atoms in total. The van der Waals surface area contributed by atoms with E-state index in [0.29, 0.717) is 17.2 Å². The number of aromatic nitrogens is 3. The van der Waals surface area contributed by atoms with E-state index < -0.39 is 0 Å². The minimum absolute atomic E-state index is 0.0598. The third-order valence-corrected chi connectivity index (χ3v) is 4.76. The molecule has 0 aliphatic heterocycles. The van der Waals surface area contributed by atoms with Gasteiger partial charge in [0, 0.05) is 24.5 Å². The van der Waals surface area contributed by atoms with Crippen LogP contribution in [0.25, 0.3) is 11.0 Å². The average molecular weight is 400 g/mol. The van der Waals surface area contributed by atoms with Crippen LogP contribution in [0.3, 0.4) is 0 Å². The molecule has 9 heteroatoms. The third kappa shape index (κ3) is 5.30. The van der Waals surface area contributed by atoms with Gasteiger partial charge in [0.2, 0.25) is 5.91 Å². The van der Waals surface area contributed by atoms with E-state index >= 15 is 0 Å². The van der Waals surface area contributed by atoms with E-state index in [0.717, 1.165) is 18.5 Å². The summed E-state index contributed by atoms with van der Waals surface area (Å²) in [6.07, 6.45) is 3.86. The van der Waals surface area contributed by atoms with Crippen molar-refractivity contribution in [1.29, 1.82) is 0 Å². The summed E-state index contributed by atoms with van der Waals surface area (Å²) >= 11 is 1.33. The lowest BCUT2D eigenvalue weighted by molar-refractivity contribution is -0.858. The third-order valence-electron chi connectivity index (χ3n) is 4.07. The Kier molecular flexibility index (Phi) is 6.62. The van der Waals surface area contributed by atoms with E-state index in [-0.39, 0.29) is 24.1 Å². The lowest BCUT2D eigenvalue weighted by Crippen LogP contribution is -3.05. The van der Waals surface area contributed by atoms with Gasteiger partial charge in [-0.05, 0) is 12.1 Å². The first-order valence-corrected chi connectivity index (χ1v) is 9.90. The maximum absolute atomic E-state index is 13.0. The van der Waals surface area contributed by atoms with Gasteiger partial charge in [0.25, 0.3) is 5.91 Å². The second-order valence-corrected chi connectivity index (χ2v) is 7.56. The topological polar surface area (TPSA) is 92.5 Å². The van der Waals surface area contributed by atoms with Gasteiger partial charge < -0.3 is 15.1 Å². The first kappa shape index (κ1) is 19.8. The Morgan fingerprint density at radius 1 is 1.18 bits per heavy atom. The molecule has 0 atom stereocenters. The monoisotopic (exact) mass is 399 g/mol. The Hall–Kier alpha value is -2.91. The first-order chi connectivity index (χ1) is 13.5. The van der Waals surface area contributed by atoms with Crippen molar-refractivity contribution in [2.24, 2.45) is 0 Å². The zero-order chi connectivity index (χ0) is 19.9. The molecule has 0 fully saturated rings. The maximum atomic E-state index is 13.0. The predicted octanol–water partition coefficient (Wildman–Crippen LogP) is 0.702. The van der Waals surface area contributed by atoms with Crippen molar-refractivity contribution in [3.8, 4) is 0 Å². The summed E-state index contributed by atoms with van der Waals surface area (Å²) in [4.78, 5) is 41.0. The molecule has 0 saturated heterocycles. The van der Waals surface area contributed by atoms with Crippen LogP contribution in [0.2, 0.25) is 0 Å². The Morgan fingerprint density at radius 3 is 2.68 bits per heavy atom. The van der Waals surface area contributed by atoms with Crippen LogP contribution in [-0.2, 0) is 4.79 Å². The fourth-order valence-corrected chi connectivity index (χ4v) is 3.26. The molecular weight excluding hydrogens is 376 g/mol. The van der Waals surface area contributed by atoms with Gasteiger partial charge in [0.15, 0.2) is 5.13 Å². The van der Waals surface area contributed by atoms with Crippen LogP contribution in [0, 0.1) is 0 Å². The maximum Gasteiger partial charge on any atom is 0.274 e. The van der Waals surface area contributed by atoms with Gasteiger partial charge in [-0.1, -0.05) is 12.1 Å². The van der Waals surface area contributed by atoms with E-state index in [1.165, 1.54) is 27.3 Å². The van der Waals surface area contributed by atoms with Gasteiger partial charge in [0.1, 0.15) is 12.2 Å². The number of nitrogens with zero attached hydrogens (tertiary/aromatic N) is 4. The Balaban J connectivity index is 1.75. The quantitative estimate of drug-likeness (QED) is 0.582. The van der Waals surface area contributed by atoms with Crippen molar-refractivity contribution in [3.63, 3.8) is 0 Å². The molecule has 3 rings (SSSR count). The Bertz CT molecular complexity index is 945. The zero-order valence-electron chi connectivity index (χ0n) is 15.9. The summed E-state index contributed by atoms with van der Waals surface area (Å²) in [5.41, 5.74) is 1.61. The number of nitrogens with one attached hydrogen (secondary N) is 2. The summed E-state index contributed by atoms with van der Waals surface area (Å²) < 4.78 is 0. The molecule has 2 N–H and O–H groups in total. The number of thiazole rings is 1. The number of para-hydroxylation sites is 2. The summed E-state index contributed by atoms with van der Waals surface area (Å²) in [5, 5.41) is 5.02. The van der Waals surface area contributed by atoms with Crippen LogP contribution in [0.5, 0.6) is 0 Å². The highest BCUT2D eigenvalue weighted by Crippen LogP contribution is 2.12. The van der Waals surface area contributed by atoms with Crippen LogP contribution in [-0.4, -0.2) is 65.4 Å². The molecule has 2 aromatic heterocycles. The number of benzene rings is 1. The standard InChI is InChI=1S/C19H22N6O2S/c1-24(2)9-5-10-25(13-17(26)23-19-20-8-11-28-19)18(27)16-12-21-14-6-3-4-7-15(14)22-16/h3-4,6-8,11-12H,5,9-10,13H2,1-2H3,(H,20,23,26)/p+1. The van der Waals surface area contributed by atoms with Crippen molar-refractivity contribution in [2.45, 2.75) is 6.42 Å². The molecule has 0 unspecified atom stereocenters. The minimum Gasteiger partial charge on any atom is -0.340 e. The minimum atomic E-state index is -0.304. The molecule has 0 aliphatic rings.